The van der Waals surface area contributed by atoms with Crippen molar-refractivity contribution in [1.82, 2.24) is 0 Å². The minimum atomic E-state index is -0.262. The second kappa shape index (κ2) is 3.45. The van der Waals surface area contributed by atoms with Crippen LogP contribution in [0.1, 0.15) is 11.1 Å². The molecule has 0 radical (unpaired) electrons. The SMILES string of the molecule is Cc1cc2c(=O)oc3ccccc3c2cc1C. The lowest BCUT2D eigenvalue weighted by Gasteiger charge is -2.05. The highest BCUT2D eigenvalue weighted by atomic mass is 16.4. The van der Waals surface area contributed by atoms with Gasteiger partial charge in [0.25, 0.3) is 0 Å². The first-order valence-corrected chi connectivity index (χ1v) is 5.59. The second-order valence-electron chi connectivity index (χ2n) is 4.37. The Bertz CT molecular complexity index is 782. The third-order valence-electron chi connectivity index (χ3n) is 3.23. The molecule has 0 aliphatic rings. The van der Waals surface area contributed by atoms with Crippen molar-refractivity contribution >= 4 is 21.7 Å². The molecule has 0 N–H and O–H groups in total. The summed E-state index contributed by atoms with van der Waals surface area (Å²) in [5.74, 6) is 0. The molecule has 1 aromatic heterocycles. The van der Waals surface area contributed by atoms with Gasteiger partial charge < -0.3 is 4.42 Å². The van der Waals surface area contributed by atoms with E-state index in [1.165, 1.54) is 5.56 Å². The fourth-order valence-corrected chi connectivity index (χ4v) is 2.14. The molecule has 0 unspecified atom stereocenters. The third kappa shape index (κ3) is 1.45. The van der Waals surface area contributed by atoms with Crippen molar-refractivity contribution in [1.29, 1.82) is 0 Å². The summed E-state index contributed by atoms with van der Waals surface area (Å²) in [7, 11) is 0. The van der Waals surface area contributed by atoms with Gasteiger partial charge in [-0.15, -0.1) is 0 Å². The van der Waals surface area contributed by atoms with E-state index in [4.69, 9.17) is 4.42 Å². The van der Waals surface area contributed by atoms with Crippen LogP contribution in [0, 0.1) is 13.8 Å². The molecule has 0 amide bonds. The molecule has 2 nitrogen and oxygen atoms in total. The number of hydrogen-bond acceptors (Lipinski definition) is 2. The van der Waals surface area contributed by atoms with Crippen LogP contribution in [-0.2, 0) is 0 Å². The van der Waals surface area contributed by atoms with E-state index in [0.717, 1.165) is 16.3 Å². The number of benzene rings is 2. The zero-order valence-corrected chi connectivity index (χ0v) is 9.78. The summed E-state index contributed by atoms with van der Waals surface area (Å²) in [5, 5.41) is 2.62. The smallest absolute Gasteiger partial charge is 0.344 e. The first-order chi connectivity index (χ1) is 8.16. The molecule has 0 atom stereocenters. The van der Waals surface area contributed by atoms with E-state index in [2.05, 4.69) is 13.0 Å². The molecule has 3 aromatic rings. The number of aryl methyl sites for hydroxylation is 2. The van der Waals surface area contributed by atoms with Crippen LogP contribution in [0.2, 0.25) is 0 Å². The molecule has 0 fully saturated rings. The predicted octanol–water partition coefficient (Wildman–Crippen LogP) is 3.56. The van der Waals surface area contributed by atoms with Gasteiger partial charge >= 0.3 is 5.63 Å². The maximum atomic E-state index is 11.9. The summed E-state index contributed by atoms with van der Waals surface area (Å²) in [6, 6.07) is 11.6. The average Bonchev–Trinajstić information content (AvgIpc) is 2.32. The molecular formula is C15H12O2. The monoisotopic (exact) mass is 224 g/mol. The van der Waals surface area contributed by atoms with Gasteiger partial charge in [0.2, 0.25) is 0 Å². The van der Waals surface area contributed by atoms with Gasteiger partial charge in [0.05, 0.1) is 5.39 Å². The van der Waals surface area contributed by atoms with E-state index < -0.39 is 0 Å². The molecule has 2 heteroatoms. The lowest BCUT2D eigenvalue weighted by molar-refractivity contribution is 0.569. The van der Waals surface area contributed by atoms with Crippen LogP contribution in [0.4, 0.5) is 0 Å². The van der Waals surface area contributed by atoms with Gasteiger partial charge in [0, 0.05) is 10.8 Å². The van der Waals surface area contributed by atoms with Crippen LogP contribution in [0.25, 0.3) is 21.7 Å². The van der Waals surface area contributed by atoms with Crippen molar-refractivity contribution in [2.45, 2.75) is 13.8 Å². The lowest BCUT2D eigenvalue weighted by Crippen LogP contribution is -2.00. The summed E-state index contributed by atoms with van der Waals surface area (Å²) >= 11 is 0. The van der Waals surface area contributed by atoms with Crippen molar-refractivity contribution in [3.8, 4) is 0 Å². The fourth-order valence-electron chi connectivity index (χ4n) is 2.14. The highest BCUT2D eigenvalue weighted by Crippen LogP contribution is 2.24. The molecule has 17 heavy (non-hydrogen) atoms. The summed E-state index contributed by atoms with van der Waals surface area (Å²) in [6.45, 7) is 4.06. The average molecular weight is 224 g/mol. The Labute approximate surface area is 98.5 Å². The molecule has 3 rings (SSSR count). The summed E-state index contributed by atoms with van der Waals surface area (Å²) in [5.41, 5.74) is 2.68. The Balaban J connectivity index is 2.65. The molecular weight excluding hydrogens is 212 g/mol. The minimum absolute atomic E-state index is 0.262. The van der Waals surface area contributed by atoms with Gasteiger partial charge in [-0.25, -0.2) is 4.79 Å². The largest absolute Gasteiger partial charge is 0.422 e. The van der Waals surface area contributed by atoms with Crippen molar-refractivity contribution in [2.24, 2.45) is 0 Å². The van der Waals surface area contributed by atoms with E-state index in [9.17, 15) is 4.79 Å². The summed E-state index contributed by atoms with van der Waals surface area (Å²) in [6.07, 6.45) is 0. The van der Waals surface area contributed by atoms with Gasteiger partial charge in [-0.2, -0.15) is 0 Å². The molecule has 0 spiro atoms. The lowest BCUT2D eigenvalue weighted by atomic mass is 10.0. The van der Waals surface area contributed by atoms with Crippen molar-refractivity contribution in [3.05, 3.63) is 57.9 Å². The highest BCUT2D eigenvalue weighted by Gasteiger charge is 2.08. The fraction of sp³-hybridized carbons (Fsp3) is 0.133. The maximum absolute atomic E-state index is 11.9. The van der Waals surface area contributed by atoms with Crippen LogP contribution >= 0.6 is 0 Å². The topological polar surface area (TPSA) is 30.2 Å². The van der Waals surface area contributed by atoms with Gasteiger partial charge in [-0.3, -0.25) is 0 Å². The molecule has 0 saturated heterocycles. The molecule has 0 bridgehead atoms. The van der Waals surface area contributed by atoms with Gasteiger partial charge in [0.1, 0.15) is 5.58 Å². The Morgan fingerprint density at radius 1 is 0.882 bits per heavy atom. The van der Waals surface area contributed by atoms with Crippen LogP contribution in [0.5, 0.6) is 0 Å². The van der Waals surface area contributed by atoms with Crippen molar-refractivity contribution in [3.63, 3.8) is 0 Å². The first kappa shape index (κ1) is 10.1. The first-order valence-electron chi connectivity index (χ1n) is 5.59. The summed E-state index contributed by atoms with van der Waals surface area (Å²) < 4.78 is 5.31. The third-order valence-corrected chi connectivity index (χ3v) is 3.23. The Morgan fingerprint density at radius 2 is 1.53 bits per heavy atom. The van der Waals surface area contributed by atoms with E-state index in [1.807, 2.05) is 37.3 Å². The van der Waals surface area contributed by atoms with Gasteiger partial charge in [0.15, 0.2) is 0 Å². The number of fused-ring (bicyclic) bond motifs is 3. The van der Waals surface area contributed by atoms with E-state index in [1.54, 1.807) is 0 Å². The Morgan fingerprint density at radius 3 is 2.29 bits per heavy atom. The zero-order valence-electron chi connectivity index (χ0n) is 9.78. The normalized spacial score (nSPS) is 11.2. The Hall–Kier alpha value is -2.09. The van der Waals surface area contributed by atoms with Crippen LogP contribution in [-0.4, -0.2) is 0 Å². The van der Waals surface area contributed by atoms with E-state index >= 15 is 0 Å². The highest BCUT2D eigenvalue weighted by molar-refractivity contribution is 6.04. The summed E-state index contributed by atoms with van der Waals surface area (Å²) in [4.78, 5) is 11.9. The molecule has 0 saturated carbocycles. The molecule has 2 aromatic carbocycles. The van der Waals surface area contributed by atoms with Crippen LogP contribution in [0.15, 0.2) is 45.6 Å². The number of rotatable bonds is 0. The van der Waals surface area contributed by atoms with Crippen molar-refractivity contribution < 1.29 is 4.42 Å². The van der Waals surface area contributed by atoms with E-state index in [0.29, 0.717) is 11.0 Å². The number of hydrogen-bond donors (Lipinski definition) is 0. The predicted molar refractivity (Wildman–Crippen MR) is 69.5 cm³/mol. The molecule has 1 heterocycles. The van der Waals surface area contributed by atoms with Crippen molar-refractivity contribution in [2.75, 3.05) is 0 Å². The zero-order chi connectivity index (χ0) is 12.0. The van der Waals surface area contributed by atoms with E-state index in [-0.39, 0.29) is 5.63 Å². The van der Waals surface area contributed by atoms with Crippen LogP contribution in [0.3, 0.4) is 0 Å². The van der Waals surface area contributed by atoms with Gasteiger partial charge in [-0.05, 0) is 37.1 Å². The quantitative estimate of drug-likeness (QED) is 0.431. The van der Waals surface area contributed by atoms with Crippen LogP contribution < -0.4 is 5.63 Å². The minimum Gasteiger partial charge on any atom is -0.422 e. The number of para-hydroxylation sites is 1. The second-order valence-corrected chi connectivity index (χ2v) is 4.37. The maximum Gasteiger partial charge on any atom is 0.344 e. The molecule has 0 aliphatic heterocycles. The van der Waals surface area contributed by atoms with Gasteiger partial charge in [-0.1, -0.05) is 24.3 Å². The standard InChI is InChI=1S/C15H12O2/c1-9-7-12-11-5-3-4-6-14(11)17-15(16)13(12)8-10(9)2/h3-8H,1-2H3. The molecule has 84 valence electrons. The Kier molecular flexibility index (Phi) is 2.05. The molecule has 0 aliphatic carbocycles.